The Morgan fingerprint density at radius 1 is 1.18 bits per heavy atom. The van der Waals surface area contributed by atoms with Gasteiger partial charge in [0.25, 0.3) is 5.91 Å². The van der Waals surface area contributed by atoms with Gasteiger partial charge in [-0.2, -0.15) is 0 Å². The fourth-order valence-electron chi connectivity index (χ4n) is 1.33. The zero-order valence-corrected chi connectivity index (χ0v) is 10.2. The fourth-order valence-corrected chi connectivity index (χ4v) is 1.33. The van der Waals surface area contributed by atoms with E-state index in [1.807, 2.05) is 5.32 Å². The highest BCUT2D eigenvalue weighted by molar-refractivity contribution is 6.07. The molecule has 0 atom stereocenters. The SMILES string of the molecule is CCCCCCC(=O)CC(=O)NC(=O)C=CN. The van der Waals surface area contributed by atoms with Gasteiger partial charge in [0, 0.05) is 12.5 Å². The monoisotopic (exact) mass is 240 g/mol. The normalized spacial score (nSPS) is 10.4. The van der Waals surface area contributed by atoms with Gasteiger partial charge in [0.1, 0.15) is 5.78 Å². The Kier molecular flexibility index (Phi) is 8.64. The average molecular weight is 240 g/mol. The average Bonchev–Trinajstić information content (AvgIpc) is 2.24. The molecule has 5 heteroatoms. The highest BCUT2D eigenvalue weighted by Gasteiger charge is 2.10. The van der Waals surface area contributed by atoms with Crippen LogP contribution in [0.4, 0.5) is 0 Å². The van der Waals surface area contributed by atoms with E-state index in [2.05, 4.69) is 6.92 Å². The summed E-state index contributed by atoms with van der Waals surface area (Å²) in [5, 5.41) is 2.05. The van der Waals surface area contributed by atoms with Crippen molar-refractivity contribution < 1.29 is 14.4 Å². The van der Waals surface area contributed by atoms with Crippen LogP contribution in [-0.4, -0.2) is 17.6 Å². The summed E-state index contributed by atoms with van der Waals surface area (Å²) in [6, 6.07) is 0. The van der Waals surface area contributed by atoms with E-state index in [9.17, 15) is 14.4 Å². The van der Waals surface area contributed by atoms with E-state index in [0.717, 1.165) is 38.0 Å². The summed E-state index contributed by atoms with van der Waals surface area (Å²) >= 11 is 0. The van der Waals surface area contributed by atoms with Crippen LogP contribution in [0.3, 0.4) is 0 Å². The van der Waals surface area contributed by atoms with E-state index in [1.54, 1.807) is 0 Å². The summed E-state index contributed by atoms with van der Waals surface area (Å²) in [4.78, 5) is 33.5. The highest BCUT2D eigenvalue weighted by Crippen LogP contribution is 2.04. The Hall–Kier alpha value is -1.65. The summed E-state index contributed by atoms with van der Waals surface area (Å²) in [6.07, 6.45) is 6.23. The number of carbonyl (C=O) groups is 3. The van der Waals surface area contributed by atoms with Crippen LogP contribution < -0.4 is 11.1 Å². The van der Waals surface area contributed by atoms with Gasteiger partial charge in [-0.3, -0.25) is 19.7 Å². The van der Waals surface area contributed by atoms with E-state index in [0.29, 0.717) is 6.42 Å². The zero-order chi connectivity index (χ0) is 13.1. The first-order valence-corrected chi connectivity index (χ1v) is 5.84. The van der Waals surface area contributed by atoms with Crippen LogP contribution in [0, 0.1) is 0 Å². The number of carbonyl (C=O) groups excluding carboxylic acids is 3. The number of imide groups is 1. The minimum Gasteiger partial charge on any atom is -0.404 e. The molecule has 0 aliphatic carbocycles. The predicted octanol–water partition coefficient (Wildman–Crippen LogP) is 1.03. The van der Waals surface area contributed by atoms with Crippen LogP contribution in [-0.2, 0) is 14.4 Å². The third-order valence-electron chi connectivity index (χ3n) is 2.18. The number of ketones is 1. The van der Waals surface area contributed by atoms with Gasteiger partial charge in [0.2, 0.25) is 5.91 Å². The van der Waals surface area contributed by atoms with Crippen molar-refractivity contribution in [1.29, 1.82) is 0 Å². The molecule has 0 aliphatic rings. The minimum atomic E-state index is -0.601. The first-order chi connectivity index (χ1) is 8.10. The van der Waals surface area contributed by atoms with Crippen LogP contribution in [0.5, 0.6) is 0 Å². The first kappa shape index (κ1) is 15.3. The van der Waals surface area contributed by atoms with E-state index >= 15 is 0 Å². The van der Waals surface area contributed by atoms with E-state index < -0.39 is 11.8 Å². The quantitative estimate of drug-likeness (QED) is 0.377. The number of hydrogen-bond acceptors (Lipinski definition) is 4. The fraction of sp³-hybridized carbons (Fsp3) is 0.583. The molecule has 0 saturated heterocycles. The molecule has 0 aromatic heterocycles. The van der Waals surface area contributed by atoms with Crippen LogP contribution >= 0.6 is 0 Å². The largest absolute Gasteiger partial charge is 0.404 e. The maximum atomic E-state index is 11.3. The predicted molar refractivity (Wildman–Crippen MR) is 64.9 cm³/mol. The molecule has 0 unspecified atom stereocenters. The standard InChI is InChI=1S/C12H20N2O3/c1-2-3-4-5-6-10(15)9-12(17)14-11(16)7-8-13/h7-8H,2-6,9,13H2,1H3,(H,14,16,17). The third kappa shape index (κ3) is 9.29. The molecule has 0 radical (unpaired) electrons. The Bertz CT molecular complexity index is 298. The van der Waals surface area contributed by atoms with Crippen LogP contribution in [0.1, 0.15) is 45.4 Å². The Balaban J connectivity index is 3.73. The summed E-state index contributed by atoms with van der Waals surface area (Å²) in [5.41, 5.74) is 4.98. The molecule has 0 heterocycles. The summed E-state index contributed by atoms with van der Waals surface area (Å²) < 4.78 is 0. The second-order valence-corrected chi connectivity index (χ2v) is 3.80. The maximum absolute atomic E-state index is 11.3. The smallest absolute Gasteiger partial charge is 0.251 e. The van der Waals surface area contributed by atoms with Gasteiger partial charge in [0.05, 0.1) is 6.42 Å². The molecule has 0 bridgehead atoms. The third-order valence-corrected chi connectivity index (χ3v) is 2.18. The van der Waals surface area contributed by atoms with Crippen molar-refractivity contribution in [3.05, 3.63) is 12.3 Å². The lowest BCUT2D eigenvalue weighted by atomic mass is 10.1. The van der Waals surface area contributed by atoms with Gasteiger partial charge in [-0.05, 0) is 12.6 Å². The van der Waals surface area contributed by atoms with E-state index in [1.165, 1.54) is 0 Å². The van der Waals surface area contributed by atoms with E-state index in [-0.39, 0.29) is 12.2 Å². The molecule has 3 N–H and O–H groups in total. The van der Waals surface area contributed by atoms with E-state index in [4.69, 9.17) is 5.73 Å². The highest BCUT2D eigenvalue weighted by atomic mass is 16.2. The van der Waals surface area contributed by atoms with Crippen LogP contribution in [0.25, 0.3) is 0 Å². The zero-order valence-electron chi connectivity index (χ0n) is 10.2. The number of amides is 2. The number of unbranched alkanes of at least 4 members (excludes halogenated alkanes) is 3. The molecule has 0 fully saturated rings. The molecule has 0 aromatic rings. The van der Waals surface area contributed by atoms with Crippen molar-refractivity contribution in [2.75, 3.05) is 0 Å². The van der Waals surface area contributed by atoms with Crippen LogP contribution in [0.2, 0.25) is 0 Å². The molecule has 17 heavy (non-hydrogen) atoms. The molecule has 0 aromatic carbocycles. The van der Waals surface area contributed by atoms with Crippen molar-refractivity contribution in [3.8, 4) is 0 Å². The lowest BCUT2D eigenvalue weighted by Crippen LogP contribution is -2.30. The van der Waals surface area contributed by atoms with Gasteiger partial charge in [-0.1, -0.05) is 26.2 Å². The number of hydrogen-bond donors (Lipinski definition) is 2. The van der Waals surface area contributed by atoms with Gasteiger partial charge >= 0.3 is 0 Å². The number of rotatable bonds is 8. The first-order valence-electron chi connectivity index (χ1n) is 5.84. The lowest BCUT2D eigenvalue weighted by Gasteiger charge is -2.01. The van der Waals surface area contributed by atoms with Crippen molar-refractivity contribution in [2.24, 2.45) is 5.73 Å². The molecule has 0 rings (SSSR count). The van der Waals surface area contributed by atoms with Gasteiger partial charge in [0.15, 0.2) is 0 Å². The molecule has 0 saturated carbocycles. The summed E-state index contributed by atoms with van der Waals surface area (Å²) in [5.74, 6) is -1.31. The van der Waals surface area contributed by atoms with Crippen LogP contribution in [0.15, 0.2) is 12.3 Å². The van der Waals surface area contributed by atoms with Gasteiger partial charge < -0.3 is 5.73 Å². The van der Waals surface area contributed by atoms with Crippen molar-refractivity contribution >= 4 is 17.6 Å². The van der Waals surface area contributed by atoms with Crippen molar-refractivity contribution in [2.45, 2.75) is 45.4 Å². The Morgan fingerprint density at radius 3 is 2.47 bits per heavy atom. The molecule has 0 aliphatic heterocycles. The lowest BCUT2D eigenvalue weighted by molar-refractivity contribution is -0.131. The number of Topliss-reactive ketones (excluding diaryl/α,β-unsaturated/α-hetero) is 1. The summed E-state index contributed by atoms with van der Waals surface area (Å²) in [6.45, 7) is 2.09. The minimum absolute atomic E-state index is 0.136. The second-order valence-electron chi connectivity index (χ2n) is 3.80. The van der Waals surface area contributed by atoms with Gasteiger partial charge in [-0.15, -0.1) is 0 Å². The summed E-state index contributed by atoms with van der Waals surface area (Å²) in [7, 11) is 0. The maximum Gasteiger partial charge on any atom is 0.251 e. The molecule has 96 valence electrons. The van der Waals surface area contributed by atoms with Crippen molar-refractivity contribution in [3.63, 3.8) is 0 Å². The number of nitrogens with two attached hydrogens (primary N) is 1. The Morgan fingerprint density at radius 2 is 1.88 bits per heavy atom. The van der Waals surface area contributed by atoms with Gasteiger partial charge in [-0.25, -0.2) is 0 Å². The topological polar surface area (TPSA) is 89.3 Å². The molecular weight excluding hydrogens is 220 g/mol. The Labute approximate surface area is 101 Å². The van der Waals surface area contributed by atoms with Crippen molar-refractivity contribution in [1.82, 2.24) is 5.32 Å². The molecule has 5 nitrogen and oxygen atoms in total. The molecular formula is C12H20N2O3. The molecule has 2 amide bonds. The molecule has 0 spiro atoms. The number of nitrogens with one attached hydrogen (secondary N) is 1. The second kappa shape index (κ2) is 9.57.